The Hall–Kier alpha value is -3.87. The summed E-state index contributed by atoms with van der Waals surface area (Å²) in [5.41, 5.74) is 2.81. The number of hydrogen-bond donors (Lipinski definition) is 1. The van der Waals surface area contributed by atoms with Crippen molar-refractivity contribution in [3.05, 3.63) is 101 Å². The number of carbonyl (C=O) groups excluding carboxylic acids is 2. The molecule has 6 nitrogen and oxygen atoms in total. The van der Waals surface area contributed by atoms with Crippen LogP contribution in [-0.4, -0.2) is 29.8 Å². The molecule has 0 spiro atoms. The van der Waals surface area contributed by atoms with Gasteiger partial charge in [-0.15, -0.1) is 6.58 Å². The topological polar surface area (TPSA) is 71.8 Å². The number of nitrogens with one attached hydrogen (secondary N) is 1. The lowest BCUT2D eigenvalue weighted by atomic mass is 9.87. The molecule has 1 aromatic heterocycles. The molecule has 0 radical (unpaired) electrons. The minimum Gasteiger partial charge on any atom is -0.486 e. The summed E-state index contributed by atoms with van der Waals surface area (Å²) in [5, 5.41) is 2.67. The molecule has 0 unspecified atom stereocenters. The lowest BCUT2D eigenvalue weighted by Crippen LogP contribution is -2.41. The predicted octanol–water partition coefficient (Wildman–Crippen LogP) is 4.80. The van der Waals surface area contributed by atoms with Gasteiger partial charge in [0, 0.05) is 19.0 Å². The summed E-state index contributed by atoms with van der Waals surface area (Å²) in [6.45, 7) is 4.67. The molecule has 2 heterocycles. The molecule has 35 heavy (non-hydrogen) atoms. The summed E-state index contributed by atoms with van der Waals surface area (Å²) < 4.78 is 25.7. The van der Waals surface area contributed by atoms with E-state index in [1.165, 1.54) is 12.1 Å². The Morgan fingerprint density at radius 1 is 1.17 bits per heavy atom. The van der Waals surface area contributed by atoms with Crippen molar-refractivity contribution in [1.29, 1.82) is 0 Å². The zero-order chi connectivity index (χ0) is 24.4. The van der Waals surface area contributed by atoms with E-state index in [4.69, 9.17) is 9.15 Å². The second kappa shape index (κ2) is 9.78. The van der Waals surface area contributed by atoms with E-state index in [1.807, 2.05) is 29.2 Å². The van der Waals surface area contributed by atoms with Crippen LogP contribution < -0.4 is 10.1 Å². The van der Waals surface area contributed by atoms with E-state index in [1.54, 1.807) is 24.3 Å². The first kappa shape index (κ1) is 22.9. The Kier molecular flexibility index (Phi) is 6.40. The van der Waals surface area contributed by atoms with E-state index in [2.05, 4.69) is 11.9 Å². The van der Waals surface area contributed by atoms with Gasteiger partial charge in [0.15, 0.2) is 5.76 Å². The summed E-state index contributed by atoms with van der Waals surface area (Å²) >= 11 is 0. The third-order valence-corrected chi connectivity index (χ3v) is 6.39. The lowest BCUT2D eigenvalue weighted by molar-refractivity contribution is -0.134. The van der Waals surface area contributed by atoms with Crippen molar-refractivity contribution in [2.75, 3.05) is 13.1 Å². The number of furan rings is 1. The van der Waals surface area contributed by atoms with E-state index >= 15 is 0 Å². The highest BCUT2D eigenvalue weighted by molar-refractivity contribution is 5.91. The molecule has 2 aliphatic rings. The Balaban J connectivity index is 1.38. The molecule has 1 fully saturated rings. The number of fused-ring (bicyclic) bond motifs is 1. The van der Waals surface area contributed by atoms with Gasteiger partial charge in [-0.25, -0.2) is 4.39 Å². The molecule has 1 N–H and O–H groups in total. The van der Waals surface area contributed by atoms with Gasteiger partial charge in [-0.05, 0) is 72.4 Å². The van der Waals surface area contributed by atoms with Crippen LogP contribution in [0.3, 0.4) is 0 Å². The molecular weight excluding hydrogens is 447 g/mol. The number of hydrogen-bond acceptors (Lipinski definition) is 4. The fourth-order valence-corrected chi connectivity index (χ4v) is 4.51. The Morgan fingerprint density at radius 2 is 2.03 bits per heavy atom. The summed E-state index contributed by atoms with van der Waals surface area (Å²) in [7, 11) is 0. The molecule has 1 atom stereocenters. The third-order valence-electron chi connectivity index (χ3n) is 6.39. The quantitative estimate of drug-likeness (QED) is 0.476. The number of benzene rings is 2. The first-order valence-corrected chi connectivity index (χ1v) is 11.8. The van der Waals surface area contributed by atoms with Gasteiger partial charge in [-0.3, -0.25) is 9.59 Å². The van der Waals surface area contributed by atoms with Gasteiger partial charge in [-0.2, -0.15) is 0 Å². The maximum atomic E-state index is 14.1. The van der Waals surface area contributed by atoms with Gasteiger partial charge in [-0.1, -0.05) is 24.3 Å². The van der Waals surface area contributed by atoms with Crippen LogP contribution >= 0.6 is 0 Å². The van der Waals surface area contributed by atoms with Gasteiger partial charge >= 0.3 is 0 Å². The summed E-state index contributed by atoms with van der Waals surface area (Å²) in [5.74, 6) is 0.891. The predicted molar refractivity (Wildman–Crippen MR) is 128 cm³/mol. The molecule has 180 valence electrons. The van der Waals surface area contributed by atoms with Crippen LogP contribution in [0.4, 0.5) is 4.39 Å². The maximum Gasteiger partial charge on any atom is 0.287 e. The minimum atomic E-state index is -0.366. The van der Waals surface area contributed by atoms with Crippen LogP contribution in [0.2, 0.25) is 0 Å². The minimum absolute atomic E-state index is 0.0730. The molecule has 1 saturated carbocycles. The standard InChI is InChI=1S/C28H27FN2O4/c1-2-13-30-27(32)25-11-10-23(35-25)17-34-22-9-8-18-12-14-31(28(33)19-6-7-19)26(24(18)16-22)20-4-3-5-21(29)15-20/h2-5,8-11,15-16,19,26H,1,6-7,12-14,17H2,(H,30,32)/t26-/m0/s1. The summed E-state index contributed by atoms with van der Waals surface area (Å²) in [4.78, 5) is 27.0. The van der Waals surface area contributed by atoms with Crippen molar-refractivity contribution in [3.8, 4) is 5.75 Å². The number of amides is 2. The highest BCUT2D eigenvalue weighted by Gasteiger charge is 2.39. The maximum absolute atomic E-state index is 14.1. The number of ether oxygens (including phenoxy) is 1. The molecule has 2 amide bonds. The van der Waals surface area contributed by atoms with Crippen LogP contribution in [0.1, 0.15) is 51.9 Å². The zero-order valence-corrected chi connectivity index (χ0v) is 19.3. The molecule has 3 aromatic rings. The molecule has 7 heteroatoms. The van der Waals surface area contributed by atoms with Gasteiger partial charge in [0.2, 0.25) is 5.91 Å². The van der Waals surface area contributed by atoms with Crippen molar-refractivity contribution in [3.63, 3.8) is 0 Å². The fraction of sp³-hybridized carbons (Fsp3) is 0.286. The summed E-state index contributed by atoms with van der Waals surface area (Å²) in [6, 6.07) is 15.2. The van der Waals surface area contributed by atoms with E-state index in [0.29, 0.717) is 24.6 Å². The first-order chi connectivity index (χ1) is 17.0. The van der Waals surface area contributed by atoms with E-state index in [0.717, 1.165) is 36.0 Å². The van der Waals surface area contributed by atoms with Crippen molar-refractivity contribution in [2.45, 2.75) is 31.9 Å². The molecule has 2 aromatic carbocycles. The van der Waals surface area contributed by atoms with E-state index < -0.39 is 0 Å². The van der Waals surface area contributed by atoms with Gasteiger partial charge < -0.3 is 19.4 Å². The molecular formula is C28H27FN2O4. The van der Waals surface area contributed by atoms with Gasteiger partial charge in [0.25, 0.3) is 5.91 Å². The number of rotatable bonds is 8. The van der Waals surface area contributed by atoms with Crippen molar-refractivity contribution < 1.29 is 23.1 Å². The monoisotopic (exact) mass is 474 g/mol. The molecule has 0 bridgehead atoms. The van der Waals surface area contributed by atoms with Crippen LogP contribution in [0.15, 0.2) is 71.7 Å². The first-order valence-electron chi connectivity index (χ1n) is 11.8. The molecule has 0 saturated heterocycles. The number of halogens is 1. The summed E-state index contributed by atoms with van der Waals surface area (Å²) in [6.07, 6.45) is 4.16. The number of nitrogens with zero attached hydrogens (tertiary/aromatic N) is 1. The molecule has 1 aliphatic carbocycles. The van der Waals surface area contributed by atoms with E-state index in [-0.39, 0.29) is 42.0 Å². The SMILES string of the molecule is C=CCNC(=O)c1ccc(COc2ccc3c(c2)[C@H](c2cccc(F)c2)N(C(=O)C2CC2)CC3)o1. The molecule has 1 aliphatic heterocycles. The highest BCUT2D eigenvalue weighted by Crippen LogP contribution is 2.41. The van der Waals surface area contributed by atoms with Gasteiger partial charge in [0.05, 0.1) is 6.04 Å². The second-order valence-corrected chi connectivity index (χ2v) is 8.93. The van der Waals surface area contributed by atoms with Gasteiger partial charge in [0.1, 0.15) is 23.9 Å². The fourth-order valence-electron chi connectivity index (χ4n) is 4.51. The Labute approximate surface area is 203 Å². The zero-order valence-electron chi connectivity index (χ0n) is 19.3. The average molecular weight is 475 g/mol. The highest BCUT2D eigenvalue weighted by atomic mass is 19.1. The van der Waals surface area contributed by atoms with Crippen LogP contribution in [0.5, 0.6) is 5.75 Å². The lowest BCUT2D eigenvalue weighted by Gasteiger charge is -2.38. The Bertz CT molecular complexity index is 1260. The normalized spacial score (nSPS) is 16.9. The van der Waals surface area contributed by atoms with Crippen molar-refractivity contribution in [1.82, 2.24) is 10.2 Å². The van der Waals surface area contributed by atoms with Crippen LogP contribution in [0, 0.1) is 11.7 Å². The Morgan fingerprint density at radius 3 is 2.80 bits per heavy atom. The van der Waals surface area contributed by atoms with Crippen LogP contribution in [0.25, 0.3) is 0 Å². The molecule has 5 rings (SSSR count). The third kappa shape index (κ3) is 4.99. The van der Waals surface area contributed by atoms with Crippen molar-refractivity contribution in [2.24, 2.45) is 5.92 Å². The second-order valence-electron chi connectivity index (χ2n) is 8.93. The van der Waals surface area contributed by atoms with Crippen LogP contribution in [-0.2, 0) is 17.8 Å². The smallest absolute Gasteiger partial charge is 0.287 e. The average Bonchev–Trinajstić information content (AvgIpc) is 3.62. The van der Waals surface area contributed by atoms with E-state index in [9.17, 15) is 14.0 Å². The van der Waals surface area contributed by atoms with Crippen molar-refractivity contribution >= 4 is 11.8 Å². The number of carbonyl (C=O) groups is 2. The largest absolute Gasteiger partial charge is 0.486 e.